The van der Waals surface area contributed by atoms with Gasteiger partial charge in [0.25, 0.3) is 22.2 Å². The van der Waals surface area contributed by atoms with Crippen LogP contribution < -0.4 is 27.0 Å². The molecule has 24 heteroatoms. The van der Waals surface area contributed by atoms with Gasteiger partial charge in [-0.25, -0.2) is 0 Å². The smallest absolute Gasteiger partial charge is 0.255 e. The number of β-amino-alcohol motifs (C(OH)–C–C–N with tert-alkyl or cyclic N) is 1. The Morgan fingerprint density at radius 3 is 1.02 bits per heavy atom. The average molecular weight is 1690 g/mol. The van der Waals surface area contributed by atoms with Gasteiger partial charge >= 0.3 is 0 Å². The quantitative estimate of drug-likeness (QED) is 0.0712. The first-order valence-corrected chi connectivity index (χ1v) is 43.8. The largest absolute Gasteiger partial charge is 0.497 e. The van der Waals surface area contributed by atoms with E-state index < -0.39 is 0 Å². The summed E-state index contributed by atoms with van der Waals surface area (Å²) in [4.78, 5) is 61.2. The number of nitrogens with zero attached hydrogens (tertiary/aromatic N) is 16. The second-order valence-electron chi connectivity index (χ2n) is 32.9. The van der Waals surface area contributed by atoms with Gasteiger partial charge in [-0.3, -0.25) is 61.1 Å². The molecule has 0 unspecified atom stereocenters. The number of aliphatic hydroxyl groups excluding tert-OH is 1. The topological polar surface area (TPSA) is 202 Å². The van der Waals surface area contributed by atoms with Gasteiger partial charge in [0.15, 0.2) is 0 Å². The summed E-state index contributed by atoms with van der Waals surface area (Å²) in [5.74, 6) is 0.814. The van der Waals surface area contributed by atoms with E-state index >= 15 is 0 Å². The molecule has 632 valence electrons. The van der Waals surface area contributed by atoms with Crippen LogP contribution in [0.4, 0.5) is 0 Å². The number of aromatic nitrogens is 12. The number of aliphatic hydroxyl groups is 1. The highest BCUT2D eigenvalue weighted by atomic mass is 35.5. The molecule has 22 nitrogen and oxygen atoms in total. The van der Waals surface area contributed by atoms with Gasteiger partial charge in [-0.1, -0.05) is 95.0 Å². The van der Waals surface area contributed by atoms with E-state index in [0.29, 0.717) is 10.0 Å². The Kier molecular flexibility index (Phi) is 25.8. The maximum absolute atomic E-state index is 13.0. The first-order chi connectivity index (χ1) is 60.4. The molecular formula is C100H102Cl2N16O6. The number of fused-ring (bicyclic) bond motifs is 4. The average Bonchev–Trinajstić information content (AvgIpc) is 1.37. The summed E-state index contributed by atoms with van der Waals surface area (Å²) in [6.07, 6.45) is 23.3. The van der Waals surface area contributed by atoms with Crippen LogP contribution in [0.3, 0.4) is 0 Å². The molecular weight excluding hydrogens is 1590 g/mol. The zero-order valence-electron chi connectivity index (χ0n) is 70.5. The van der Waals surface area contributed by atoms with Gasteiger partial charge in [0.05, 0.1) is 86.2 Å². The molecule has 4 aliphatic heterocycles. The second kappa shape index (κ2) is 38.2. The molecule has 20 rings (SSSR count). The lowest BCUT2D eigenvalue weighted by molar-refractivity contribution is 0.175. The standard InChI is InChI=1S/C26H28N4O2.C25H26N4O2.C25H26N4O.C24H22Cl2N4O/c1-19-15-23(32-2)6-7-24(19)20-9-12-29(26(31)17-20)22-5-8-25-21(16-22)18-27-30(25)14-13-28-10-3-4-11-28;1-18-2-4-19(5-3-18)20-8-11-28(25(31)15-20)22-6-7-24-21(14-22)16-26-29(24)13-12-27-10-9-23(30)17-27;1-19-4-6-20(7-5-19)21-10-13-28(25(30)17-21)23-8-9-24-22(16-23)18-26-29(24)15-14-27-11-2-3-12-27;25-19-3-5-21(22(26)15-19)17-7-10-29(24(31)14-17)20-4-6-23-18(13-20)16-27-30(23)12-11-28-8-1-2-9-28/h5-9,12,15-18H,3-4,10-11,13-14H2,1-2H3;2-8,11,14-16,23,30H,9-10,12-13,17H2,1H3;4-10,13,16-18H,2-3,11-12,14-15H2,1H3;3-7,10,13-16H,1-2,8-9,11-12H2/t;23-;;/m.0../s1. The molecule has 124 heavy (non-hydrogen) atoms. The number of methoxy groups -OCH3 is 1. The SMILES string of the molecule is COc1ccc(-c2ccn(-c3ccc4c(cnn4CCN4CCCC4)c3)c(=O)c2)c(C)c1.Cc1ccc(-c2ccn(-c3ccc4c(cnn4CCN4CCCC4)c3)c(=O)c2)cc1.Cc1ccc(-c2ccn(-c3ccc4c(cnn4CCN4CC[C@H](O)C4)c3)c(=O)c2)cc1.O=c1cc(-c2ccc(Cl)cc2Cl)ccn1-c1ccc2c(cnn2CCN2CCCC2)c1. The first kappa shape index (κ1) is 83.9. The zero-order chi connectivity index (χ0) is 85.3. The van der Waals surface area contributed by atoms with Crippen molar-refractivity contribution < 1.29 is 9.84 Å². The van der Waals surface area contributed by atoms with Crippen LogP contribution in [0.2, 0.25) is 10.0 Å². The molecule has 0 saturated carbocycles. The zero-order valence-corrected chi connectivity index (χ0v) is 72.0. The fourth-order valence-corrected chi connectivity index (χ4v) is 17.9. The van der Waals surface area contributed by atoms with Crippen molar-refractivity contribution in [1.82, 2.24) is 77.0 Å². The number of rotatable bonds is 21. The number of halogens is 2. The van der Waals surface area contributed by atoms with E-state index in [0.717, 1.165) is 194 Å². The van der Waals surface area contributed by atoms with E-state index in [9.17, 15) is 24.3 Å². The molecule has 1 N–H and O–H groups in total. The molecule has 0 bridgehead atoms. The van der Waals surface area contributed by atoms with Gasteiger partial charge in [-0.05, 0) is 271 Å². The van der Waals surface area contributed by atoms with Crippen LogP contribution in [0.5, 0.6) is 5.75 Å². The third kappa shape index (κ3) is 19.5. The molecule has 0 spiro atoms. The summed E-state index contributed by atoms with van der Waals surface area (Å²) < 4.78 is 20.1. The lowest BCUT2D eigenvalue weighted by Crippen LogP contribution is -2.26. The van der Waals surface area contributed by atoms with Gasteiger partial charge in [-0.15, -0.1) is 0 Å². The summed E-state index contributed by atoms with van der Waals surface area (Å²) >= 11 is 12.3. The molecule has 4 aliphatic rings. The molecule has 1 atom stereocenters. The summed E-state index contributed by atoms with van der Waals surface area (Å²) in [6, 6.07) is 66.3. The Labute approximate surface area is 729 Å². The number of hydrogen-bond donors (Lipinski definition) is 1. The van der Waals surface area contributed by atoms with E-state index in [4.69, 9.17) is 27.9 Å². The minimum absolute atomic E-state index is 0.0335. The summed E-state index contributed by atoms with van der Waals surface area (Å²) in [5, 5.41) is 33.2. The normalized spacial score (nSPS) is 15.1. The minimum atomic E-state index is -0.201. The molecule has 0 amide bonds. The molecule has 4 saturated heterocycles. The molecule has 4 fully saturated rings. The number of likely N-dealkylation sites (tertiary alicyclic amines) is 4. The van der Waals surface area contributed by atoms with Crippen molar-refractivity contribution in [2.45, 2.75) is 98.0 Å². The van der Waals surface area contributed by atoms with Crippen LogP contribution in [0.1, 0.15) is 61.6 Å². The van der Waals surface area contributed by atoms with Crippen LogP contribution in [0, 0.1) is 20.8 Å². The summed E-state index contributed by atoms with van der Waals surface area (Å²) in [5.41, 5.74) is 18.3. The molecule has 8 aromatic carbocycles. The van der Waals surface area contributed by atoms with Gasteiger partial charge in [0.2, 0.25) is 0 Å². The Balaban J connectivity index is 0.000000117. The number of aryl methyl sites for hydroxylation is 3. The monoisotopic (exact) mass is 1690 g/mol. The predicted molar refractivity (Wildman–Crippen MR) is 498 cm³/mol. The number of ether oxygens (including phenoxy) is 1. The number of benzene rings is 8. The molecule has 8 aromatic heterocycles. The van der Waals surface area contributed by atoms with Crippen molar-refractivity contribution >= 4 is 66.8 Å². The number of hydrogen-bond acceptors (Lipinski definition) is 14. The fraction of sp³-hybridized carbons (Fsp3) is 0.280. The maximum atomic E-state index is 13.0. The van der Waals surface area contributed by atoms with E-state index in [1.807, 2.05) is 181 Å². The highest BCUT2D eigenvalue weighted by Crippen LogP contribution is 2.33. The van der Waals surface area contributed by atoms with Gasteiger partial charge in [-0.2, -0.15) is 20.4 Å². The van der Waals surface area contributed by atoms with E-state index in [2.05, 4.69) is 112 Å². The van der Waals surface area contributed by atoms with Crippen LogP contribution in [-0.4, -0.2) is 174 Å². The highest BCUT2D eigenvalue weighted by Gasteiger charge is 2.22. The molecule has 0 aliphatic carbocycles. The van der Waals surface area contributed by atoms with Crippen LogP contribution in [-0.2, 0) is 26.2 Å². The fourth-order valence-electron chi connectivity index (χ4n) is 17.4. The Morgan fingerprint density at radius 2 is 0.685 bits per heavy atom. The van der Waals surface area contributed by atoms with Crippen molar-refractivity contribution in [2.75, 3.05) is 85.6 Å². The van der Waals surface area contributed by atoms with Crippen molar-refractivity contribution in [3.8, 4) is 73.0 Å². The maximum Gasteiger partial charge on any atom is 0.255 e. The Hall–Kier alpha value is -12.4. The van der Waals surface area contributed by atoms with E-state index in [-0.39, 0.29) is 28.3 Å². The Morgan fingerprint density at radius 1 is 0.347 bits per heavy atom. The van der Waals surface area contributed by atoms with Gasteiger partial charge in [0.1, 0.15) is 5.75 Å². The third-order valence-electron chi connectivity index (χ3n) is 24.4. The van der Waals surface area contributed by atoms with E-state index in [1.54, 1.807) is 68.0 Å². The van der Waals surface area contributed by atoms with Crippen molar-refractivity contribution in [3.63, 3.8) is 0 Å². The van der Waals surface area contributed by atoms with Crippen LogP contribution in [0.25, 0.3) is 111 Å². The number of pyridine rings is 4. The predicted octanol–water partition coefficient (Wildman–Crippen LogP) is 17.0. The Bertz CT molecular complexity index is 6740. The molecule has 16 aromatic rings. The lowest BCUT2D eigenvalue weighted by atomic mass is 10.0. The van der Waals surface area contributed by atoms with Gasteiger partial charge in [0, 0.05) is 148 Å². The van der Waals surface area contributed by atoms with Crippen molar-refractivity contribution in [2.24, 2.45) is 0 Å². The molecule has 0 radical (unpaired) electrons. The first-order valence-electron chi connectivity index (χ1n) is 43.0. The van der Waals surface area contributed by atoms with Crippen molar-refractivity contribution in [1.29, 1.82) is 0 Å². The van der Waals surface area contributed by atoms with Crippen LogP contribution >= 0.6 is 23.2 Å². The van der Waals surface area contributed by atoms with Crippen molar-refractivity contribution in [3.05, 3.63) is 324 Å². The second-order valence-corrected chi connectivity index (χ2v) is 33.7. The highest BCUT2D eigenvalue weighted by molar-refractivity contribution is 6.36. The molecule has 12 heterocycles. The van der Waals surface area contributed by atoms with Gasteiger partial charge < -0.3 is 24.5 Å². The lowest BCUT2D eigenvalue weighted by Gasteiger charge is -2.15. The summed E-state index contributed by atoms with van der Waals surface area (Å²) in [7, 11) is 1.66. The summed E-state index contributed by atoms with van der Waals surface area (Å²) in [6.45, 7) is 22.4. The minimum Gasteiger partial charge on any atom is -0.497 e. The third-order valence-corrected chi connectivity index (χ3v) is 25.0. The van der Waals surface area contributed by atoms with Crippen LogP contribution in [0.15, 0.2) is 275 Å². The van der Waals surface area contributed by atoms with E-state index in [1.165, 1.54) is 88.9 Å².